The van der Waals surface area contributed by atoms with Crippen molar-refractivity contribution in [1.82, 2.24) is 5.01 Å². The Hall–Kier alpha value is -0.640. The normalized spacial score (nSPS) is 11.3. The molecule has 0 aliphatic rings. The van der Waals surface area contributed by atoms with Gasteiger partial charge in [-0.05, 0) is 33.6 Å². The number of hydrogen-bond acceptors (Lipinski definition) is 3. The van der Waals surface area contributed by atoms with E-state index in [2.05, 4.69) is 5.29 Å². The molecule has 0 aliphatic carbocycles. The largest absolute Gasteiger partial charge is 0.396 e. The lowest BCUT2D eigenvalue weighted by Crippen LogP contribution is -2.37. The van der Waals surface area contributed by atoms with E-state index in [0.717, 1.165) is 12.8 Å². The van der Waals surface area contributed by atoms with Crippen LogP contribution in [0, 0.1) is 4.91 Å². The Morgan fingerprint density at radius 3 is 2.25 bits per heavy atom. The molecule has 0 unspecified atom stereocenters. The van der Waals surface area contributed by atoms with E-state index in [1.54, 1.807) is 0 Å². The maximum atomic E-state index is 10.4. The molecule has 4 heteroatoms. The van der Waals surface area contributed by atoms with Crippen LogP contribution in [0.1, 0.15) is 33.6 Å². The van der Waals surface area contributed by atoms with Gasteiger partial charge >= 0.3 is 0 Å². The highest BCUT2D eigenvalue weighted by Gasteiger charge is 2.19. The van der Waals surface area contributed by atoms with Gasteiger partial charge in [0.05, 0.1) is 10.8 Å². The Morgan fingerprint density at radius 1 is 1.33 bits per heavy atom. The van der Waals surface area contributed by atoms with E-state index in [4.69, 9.17) is 5.11 Å². The first-order valence-corrected chi connectivity index (χ1v) is 4.24. The van der Waals surface area contributed by atoms with Gasteiger partial charge in [-0.2, -0.15) is 0 Å². The van der Waals surface area contributed by atoms with Crippen LogP contribution in [-0.4, -0.2) is 28.8 Å². The topological polar surface area (TPSA) is 52.9 Å². The molecule has 0 amide bonds. The summed E-state index contributed by atoms with van der Waals surface area (Å²) in [7, 11) is 0. The van der Waals surface area contributed by atoms with E-state index in [1.807, 2.05) is 20.8 Å². The summed E-state index contributed by atoms with van der Waals surface area (Å²) in [6, 6.07) is 0. The predicted octanol–water partition coefficient (Wildman–Crippen LogP) is 1.54. The molecule has 0 spiro atoms. The predicted molar refractivity (Wildman–Crippen MR) is 48.6 cm³/mol. The second kappa shape index (κ2) is 5.09. The number of hydrogen-bond donors (Lipinski definition) is 1. The first-order valence-electron chi connectivity index (χ1n) is 4.24. The van der Waals surface area contributed by atoms with Crippen molar-refractivity contribution in [2.75, 3.05) is 13.2 Å². The Balaban J connectivity index is 3.76. The van der Waals surface area contributed by atoms with Crippen LogP contribution >= 0.6 is 0 Å². The Kier molecular flexibility index (Phi) is 4.81. The number of rotatable bonds is 5. The van der Waals surface area contributed by atoms with Crippen molar-refractivity contribution in [3.8, 4) is 0 Å². The molecular formula is C8H18N2O2. The van der Waals surface area contributed by atoms with Gasteiger partial charge in [-0.15, -0.1) is 4.91 Å². The number of aliphatic hydroxyl groups is 1. The van der Waals surface area contributed by atoms with E-state index in [-0.39, 0.29) is 12.1 Å². The minimum absolute atomic E-state index is 0.177. The van der Waals surface area contributed by atoms with Gasteiger partial charge in [0.1, 0.15) is 0 Å². The molecule has 0 aromatic rings. The summed E-state index contributed by atoms with van der Waals surface area (Å²) in [6.45, 7) is 6.61. The average Bonchev–Trinajstić information content (AvgIpc) is 1.95. The van der Waals surface area contributed by atoms with Crippen LogP contribution in [0.4, 0.5) is 0 Å². The van der Waals surface area contributed by atoms with Crippen LogP contribution in [-0.2, 0) is 0 Å². The second-order valence-electron chi connectivity index (χ2n) is 3.81. The van der Waals surface area contributed by atoms with E-state index in [9.17, 15) is 4.91 Å². The highest BCUT2D eigenvalue weighted by atomic mass is 16.3. The summed E-state index contributed by atoms with van der Waals surface area (Å²) in [6.07, 6.45) is 1.53. The first-order chi connectivity index (χ1) is 5.52. The van der Waals surface area contributed by atoms with E-state index >= 15 is 0 Å². The van der Waals surface area contributed by atoms with Gasteiger partial charge in [0, 0.05) is 13.2 Å². The molecule has 1 N–H and O–H groups in total. The molecule has 12 heavy (non-hydrogen) atoms. The minimum atomic E-state index is -0.211. The van der Waals surface area contributed by atoms with Gasteiger partial charge in [0.25, 0.3) is 0 Å². The zero-order valence-electron chi connectivity index (χ0n) is 8.08. The lowest BCUT2D eigenvalue weighted by Gasteiger charge is -2.29. The smallest absolute Gasteiger partial charge is 0.0529 e. The van der Waals surface area contributed by atoms with Gasteiger partial charge in [-0.25, -0.2) is 0 Å². The second-order valence-corrected chi connectivity index (χ2v) is 3.81. The maximum absolute atomic E-state index is 10.4. The van der Waals surface area contributed by atoms with Crippen LogP contribution in [0.25, 0.3) is 0 Å². The van der Waals surface area contributed by atoms with E-state index in [0.29, 0.717) is 6.54 Å². The molecule has 0 atom stereocenters. The van der Waals surface area contributed by atoms with Crippen molar-refractivity contribution in [3.05, 3.63) is 4.91 Å². The molecule has 0 rings (SSSR count). The molecule has 0 saturated heterocycles. The summed E-state index contributed by atoms with van der Waals surface area (Å²) in [5.74, 6) is 0. The standard InChI is InChI=1S/C8H18N2O2/c1-8(2,3)10(9-12)6-4-5-7-11/h11H,4-7H2,1-3H3. The Morgan fingerprint density at radius 2 is 1.92 bits per heavy atom. The van der Waals surface area contributed by atoms with Gasteiger partial charge in [0.15, 0.2) is 0 Å². The van der Waals surface area contributed by atoms with Crippen molar-refractivity contribution in [2.45, 2.75) is 39.2 Å². The van der Waals surface area contributed by atoms with Crippen LogP contribution in [0.3, 0.4) is 0 Å². The number of unbranched alkanes of at least 4 members (excludes halogenated alkanes) is 1. The Bertz CT molecular complexity index is 132. The van der Waals surface area contributed by atoms with Crippen LogP contribution in [0.15, 0.2) is 5.29 Å². The van der Waals surface area contributed by atoms with E-state index < -0.39 is 0 Å². The number of aliphatic hydroxyl groups excluding tert-OH is 1. The first kappa shape index (κ1) is 11.4. The van der Waals surface area contributed by atoms with Crippen molar-refractivity contribution >= 4 is 0 Å². The molecule has 0 aliphatic heterocycles. The highest BCUT2D eigenvalue weighted by molar-refractivity contribution is 4.72. The van der Waals surface area contributed by atoms with E-state index in [1.165, 1.54) is 5.01 Å². The van der Waals surface area contributed by atoms with Gasteiger partial charge in [0.2, 0.25) is 0 Å². The third-order valence-electron chi connectivity index (χ3n) is 1.65. The lowest BCUT2D eigenvalue weighted by molar-refractivity contribution is 0.133. The van der Waals surface area contributed by atoms with Crippen LogP contribution in [0.5, 0.6) is 0 Å². The summed E-state index contributed by atoms with van der Waals surface area (Å²) < 4.78 is 0. The zero-order valence-corrected chi connectivity index (χ0v) is 8.08. The highest BCUT2D eigenvalue weighted by Crippen LogP contribution is 2.13. The maximum Gasteiger partial charge on any atom is 0.0529 e. The minimum Gasteiger partial charge on any atom is -0.396 e. The van der Waals surface area contributed by atoms with Gasteiger partial charge < -0.3 is 5.11 Å². The van der Waals surface area contributed by atoms with Crippen LogP contribution in [0.2, 0.25) is 0 Å². The number of nitroso groups, excluding NO2 is 1. The fourth-order valence-corrected chi connectivity index (χ4v) is 0.872. The monoisotopic (exact) mass is 174 g/mol. The Labute approximate surface area is 73.5 Å². The lowest BCUT2D eigenvalue weighted by atomic mass is 10.1. The summed E-state index contributed by atoms with van der Waals surface area (Å²) >= 11 is 0. The summed E-state index contributed by atoms with van der Waals surface area (Å²) in [5, 5.41) is 13.0. The number of nitrogens with zero attached hydrogens (tertiary/aromatic N) is 2. The molecule has 0 bridgehead atoms. The van der Waals surface area contributed by atoms with Gasteiger partial charge in [-0.1, -0.05) is 0 Å². The summed E-state index contributed by atoms with van der Waals surface area (Å²) in [4.78, 5) is 10.4. The SMILES string of the molecule is CC(C)(C)N(CCCCO)N=O. The third kappa shape index (κ3) is 4.28. The molecule has 0 radical (unpaired) electrons. The van der Waals surface area contributed by atoms with Crippen molar-refractivity contribution in [3.63, 3.8) is 0 Å². The quantitative estimate of drug-likeness (QED) is 0.391. The van der Waals surface area contributed by atoms with Crippen molar-refractivity contribution in [2.24, 2.45) is 5.29 Å². The van der Waals surface area contributed by atoms with Crippen molar-refractivity contribution < 1.29 is 5.11 Å². The molecule has 0 fully saturated rings. The zero-order chi connectivity index (χ0) is 9.61. The molecule has 0 aromatic carbocycles. The van der Waals surface area contributed by atoms with Crippen LogP contribution < -0.4 is 0 Å². The average molecular weight is 174 g/mol. The molecule has 0 heterocycles. The molecule has 0 aromatic heterocycles. The van der Waals surface area contributed by atoms with Crippen molar-refractivity contribution in [1.29, 1.82) is 0 Å². The fourth-order valence-electron chi connectivity index (χ4n) is 0.872. The third-order valence-corrected chi connectivity index (χ3v) is 1.65. The molecular weight excluding hydrogens is 156 g/mol. The fraction of sp³-hybridized carbons (Fsp3) is 1.00. The molecule has 72 valence electrons. The molecule has 0 saturated carbocycles. The molecule has 4 nitrogen and oxygen atoms in total. The summed E-state index contributed by atoms with van der Waals surface area (Å²) in [5.41, 5.74) is -0.211. The van der Waals surface area contributed by atoms with Gasteiger partial charge in [-0.3, -0.25) is 5.01 Å².